The molecule has 1 aromatic carbocycles. The maximum atomic E-state index is 11.8. The number of nitrogens with one attached hydrogen (secondary N) is 2. The lowest BCUT2D eigenvalue weighted by atomic mass is 10.2. The van der Waals surface area contributed by atoms with Crippen molar-refractivity contribution in [2.24, 2.45) is 0 Å². The van der Waals surface area contributed by atoms with Crippen molar-refractivity contribution in [3.05, 3.63) is 42.7 Å². The number of rotatable bonds is 3. The molecule has 102 valence electrons. The molecule has 1 fully saturated rings. The summed E-state index contributed by atoms with van der Waals surface area (Å²) in [6.45, 7) is 1.47. The number of carbonyl (C=O) groups excluding carboxylic acids is 1. The van der Waals surface area contributed by atoms with Crippen molar-refractivity contribution < 1.29 is 4.79 Å². The second kappa shape index (κ2) is 5.56. The molecule has 0 radical (unpaired) electrons. The van der Waals surface area contributed by atoms with E-state index in [1.807, 2.05) is 24.3 Å². The molecule has 1 aliphatic heterocycles. The monoisotopic (exact) mass is 269 g/mol. The average Bonchev–Trinajstić information content (AvgIpc) is 2.49. The fraction of sp³-hybridized carbons (Fsp3) is 0.214. The highest BCUT2D eigenvalue weighted by Crippen LogP contribution is 2.22. The third-order valence-electron chi connectivity index (χ3n) is 3.06. The molecule has 0 aliphatic carbocycles. The third kappa shape index (κ3) is 2.69. The Morgan fingerprint density at radius 3 is 2.85 bits per heavy atom. The first kappa shape index (κ1) is 12.4. The van der Waals surface area contributed by atoms with Crippen LogP contribution in [0, 0.1) is 0 Å². The minimum Gasteiger partial charge on any atom is -0.338 e. The van der Waals surface area contributed by atoms with Gasteiger partial charge >= 0.3 is 6.03 Å². The quantitative estimate of drug-likeness (QED) is 0.895. The van der Waals surface area contributed by atoms with Crippen LogP contribution in [0.15, 0.2) is 42.7 Å². The van der Waals surface area contributed by atoms with E-state index in [1.165, 1.54) is 0 Å². The topological polar surface area (TPSA) is 70.2 Å². The molecule has 0 atom stereocenters. The number of hydrogen-bond acceptors (Lipinski definition) is 4. The van der Waals surface area contributed by atoms with Gasteiger partial charge in [-0.25, -0.2) is 14.8 Å². The zero-order chi connectivity index (χ0) is 13.8. The third-order valence-corrected chi connectivity index (χ3v) is 3.06. The summed E-state index contributed by atoms with van der Waals surface area (Å²) < 4.78 is 0. The number of aromatic nitrogens is 2. The average molecular weight is 269 g/mol. The molecule has 20 heavy (non-hydrogen) atoms. The van der Waals surface area contributed by atoms with Crippen LogP contribution in [0.3, 0.4) is 0 Å². The van der Waals surface area contributed by atoms with E-state index in [0.717, 1.165) is 30.9 Å². The van der Waals surface area contributed by atoms with Gasteiger partial charge in [-0.15, -0.1) is 0 Å². The highest BCUT2D eigenvalue weighted by molar-refractivity contribution is 5.93. The molecule has 2 amide bonds. The van der Waals surface area contributed by atoms with Crippen molar-refractivity contribution in [2.45, 2.75) is 6.42 Å². The maximum Gasteiger partial charge on any atom is 0.321 e. The number of urea groups is 1. The van der Waals surface area contributed by atoms with E-state index >= 15 is 0 Å². The van der Waals surface area contributed by atoms with Crippen LogP contribution < -0.4 is 15.5 Å². The Balaban J connectivity index is 1.80. The molecule has 0 unspecified atom stereocenters. The Kier molecular flexibility index (Phi) is 3.45. The van der Waals surface area contributed by atoms with Crippen LogP contribution in [0.1, 0.15) is 6.42 Å². The SMILES string of the molecule is O=C1NCCCN1c1cccc(Nc2ncccn2)c1. The normalized spacial score (nSPS) is 14.8. The first-order valence-electron chi connectivity index (χ1n) is 6.52. The minimum absolute atomic E-state index is 0.0515. The van der Waals surface area contributed by atoms with Crippen LogP contribution in [-0.2, 0) is 0 Å². The van der Waals surface area contributed by atoms with Gasteiger partial charge < -0.3 is 10.6 Å². The molecule has 0 spiro atoms. The van der Waals surface area contributed by atoms with E-state index in [1.54, 1.807) is 23.4 Å². The van der Waals surface area contributed by atoms with E-state index in [2.05, 4.69) is 20.6 Å². The second-order valence-corrected chi connectivity index (χ2v) is 4.48. The molecule has 6 nitrogen and oxygen atoms in total. The van der Waals surface area contributed by atoms with Gasteiger partial charge in [0.05, 0.1) is 0 Å². The largest absolute Gasteiger partial charge is 0.338 e. The van der Waals surface area contributed by atoms with E-state index < -0.39 is 0 Å². The maximum absolute atomic E-state index is 11.8. The first-order chi connectivity index (χ1) is 9.83. The van der Waals surface area contributed by atoms with Gasteiger partial charge in [0.2, 0.25) is 5.95 Å². The summed E-state index contributed by atoms with van der Waals surface area (Å²) in [5, 5.41) is 5.96. The number of nitrogens with zero attached hydrogens (tertiary/aromatic N) is 3. The second-order valence-electron chi connectivity index (χ2n) is 4.48. The first-order valence-corrected chi connectivity index (χ1v) is 6.52. The number of benzene rings is 1. The molecule has 0 bridgehead atoms. The van der Waals surface area contributed by atoms with E-state index in [0.29, 0.717) is 5.95 Å². The molecule has 1 aromatic heterocycles. The molecular formula is C14H15N5O. The molecule has 2 N–H and O–H groups in total. The van der Waals surface area contributed by atoms with Gasteiger partial charge in [0.25, 0.3) is 0 Å². The Hall–Kier alpha value is -2.63. The van der Waals surface area contributed by atoms with Crippen LogP contribution in [0.4, 0.5) is 22.1 Å². The molecule has 6 heteroatoms. The van der Waals surface area contributed by atoms with Gasteiger partial charge in [-0.1, -0.05) is 6.07 Å². The van der Waals surface area contributed by atoms with Crippen molar-refractivity contribution in [3.63, 3.8) is 0 Å². The summed E-state index contributed by atoms with van der Waals surface area (Å²) in [4.78, 5) is 21.8. The van der Waals surface area contributed by atoms with Gasteiger partial charge in [-0.2, -0.15) is 0 Å². The number of anilines is 3. The summed E-state index contributed by atoms with van der Waals surface area (Å²) in [7, 11) is 0. The van der Waals surface area contributed by atoms with Crippen LogP contribution in [0.5, 0.6) is 0 Å². The predicted octanol–water partition coefficient (Wildman–Crippen LogP) is 2.14. The van der Waals surface area contributed by atoms with Gasteiger partial charge in [0.15, 0.2) is 0 Å². The van der Waals surface area contributed by atoms with Crippen molar-refractivity contribution in [1.82, 2.24) is 15.3 Å². The van der Waals surface area contributed by atoms with E-state index in [9.17, 15) is 4.79 Å². The standard InChI is InChI=1S/C14H15N5O/c20-14-17-8-3-9-19(14)12-5-1-4-11(10-12)18-13-15-6-2-7-16-13/h1-2,4-7,10H,3,8-9H2,(H,17,20)(H,15,16,18). The van der Waals surface area contributed by atoms with Crippen molar-refractivity contribution >= 4 is 23.4 Å². The Bertz CT molecular complexity index is 602. The zero-order valence-electron chi connectivity index (χ0n) is 10.9. The van der Waals surface area contributed by atoms with Gasteiger partial charge in [-0.3, -0.25) is 4.90 Å². The number of hydrogen-bond donors (Lipinski definition) is 2. The van der Waals surface area contributed by atoms with Crippen LogP contribution in [0.2, 0.25) is 0 Å². The zero-order valence-corrected chi connectivity index (χ0v) is 10.9. The lowest BCUT2D eigenvalue weighted by Gasteiger charge is -2.27. The smallest absolute Gasteiger partial charge is 0.321 e. The minimum atomic E-state index is -0.0515. The highest BCUT2D eigenvalue weighted by atomic mass is 16.2. The highest BCUT2D eigenvalue weighted by Gasteiger charge is 2.19. The summed E-state index contributed by atoms with van der Waals surface area (Å²) in [5.41, 5.74) is 1.72. The Morgan fingerprint density at radius 1 is 1.20 bits per heavy atom. The lowest BCUT2D eigenvalue weighted by molar-refractivity contribution is 0.243. The lowest BCUT2D eigenvalue weighted by Crippen LogP contribution is -2.46. The van der Waals surface area contributed by atoms with Crippen LogP contribution in [0.25, 0.3) is 0 Å². The number of amides is 2. The molecule has 1 saturated heterocycles. The van der Waals surface area contributed by atoms with Crippen molar-refractivity contribution in [2.75, 3.05) is 23.3 Å². The van der Waals surface area contributed by atoms with E-state index in [4.69, 9.17) is 0 Å². The molecule has 3 rings (SSSR count). The Morgan fingerprint density at radius 2 is 2.05 bits per heavy atom. The summed E-state index contributed by atoms with van der Waals surface area (Å²) in [5.74, 6) is 0.535. The molecule has 0 saturated carbocycles. The molecule has 2 aromatic rings. The van der Waals surface area contributed by atoms with Crippen molar-refractivity contribution in [3.8, 4) is 0 Å². The van der Waals surface area contributed by atoms with E-state index in [-0.39, 0.29) is 6.03 Å². The summed E-state index contributed by atoms with van der Waals surface area (Å²) in [6, 6.07) is 9.37. The molecule has 1 aliphatic rings. The van der Waals surface area contributed by atoms with Gasteiger partial charge in [-0.05, 0) is 30.7 Å². The van der Waals surface area contributed by atoms with Crippen LogP contribution in [-0.4, -0.2) is 29.1 Å². The van der Waals surface area contributed by atoms with Gasteiger partial charge in [0, 0.05) is 36.9 Å². The Labute approximate surface area is 116 Å². The molecule has 2 heterocycles. The number of carbonyl (C=O) groups is 1. The van der Waals surface area contributed by atoms with Crippen LogP contribution >= 0.6 is 0 Å². The fourth-order valence-corrected chi connectivity index (χ4v) is 2.12. The van der Waals surface area contributed by atoms with Gasteiger partial charge in [0.1, 0.15) is 0 Å². The summed E-state index contributed by atoms with van der Waals surface area (Å²) in [6.07, 6.45) is 4.31. The predicted molar refractivity (Wildman–Crippen MR) is 77.1 cm³/mol. The van der Waals surface area contributed by atoms with Crippen molar-refractivity contribution in [1.29, 1.82) is 0 Å². The summed E-state index contributed by atoms with van der Waals surface area (Å²) >= 11 is 0. The fourth-order valence-electron chi connectivity index (χ4n) is 2.12. The molecular weight excluding hydrogens is 254 g/mol.